The Balaban J connectivity index is 1.96. The zero-order valence-corrected chi connectivity index (χ0v) is 14.3. The monoisotopic (exact) mass is 353 g/mol. The van der Waals surface area contributed by atoms with Crippen LogP contribution in [-0.2, 0) is 0 Å². The van der Waals surface area contributed by atoms with E-state index in [4.69, 9.17) is 16.3 Å². The number of halogens is 1. The number of carbonyl (C=O) groups is 1. The van der Waals surface area contributed by atoms with Crippen molar-refractivity contribution in [2.45, 2.75) is 6.92 Å². The summed E-state index contributed by atoms with van der Waals surface area (Å²) >= 11 is 6.05. The van der Waals surface area contributed by atoms with Crippen LogP contribution < -0.4 is 4.74 Å². The zero-order chi connectivity index (χ0) is 17.6. The number of ether oxygens (including phenoxy) is 1. The van der Waals surface area contributed by atoms with Gasteiger partial charge in [-0.3, -0.25) is 4.79 Å². The van der Waals surface area contributed by atoms with E-state index in [-0.39, 0.29) is 11.9 Å². The number of aromatic nitrogens is 3. The Kier molecular flexibility index (Phi) is 5.26. The Morgan fingerprint density at radius 1 is 1.20 bits per heavy atom. The van der Waals surface area contributed by atoms with E-state index in [1.54, 1.807) is 24.3 Å². The Morgan fingerprint density at radius 2 is 2.00 bits per heavy atom. The molecule has 0 N–H and O–H groups in total. The predicted octanol–water partition coefficient (Wildman–Crippen LogP) is 4.35. The van der Waals surface area contributed by atoms with E-state index < -0.39 is 0 Å². The van der Waals surface area contributed by atoms with Crippen LogP contribution in [0.4, 0.5) is 0 Å². The molecule has 0 atom stereocenters. The van der Waals surface area contributed by atoms with Crippen molar-refractivity contribution in [1.82, 2.24) is 14.8 Å². The summed E-state index contributed by atoms with van der Waals surface area (Å²) in [7, 11) is 0. The summed E-state index contributed by atoms with van der Waals surface area (Å²) in [5.74, 6) is 0.0611. The van der Waals surface area contributed by atoms with Gasteiger partial charge in [-0.15, -0.1) is 5.10 Å². The molecule has 0 bridgehead atoms. The highest BCUT2D eigenvalue weighted by atomic mass is 35.5. The lowest BCUT2D eigenvalue weighted by molar-refractivity contribution is 0.0955. The average Bonchev–Trinajstić information content (AvgIpc) is 3.05. The van der Waals surface area contributed by atoms with Gasteiger partial charge in [-0.25, -0.2) is 0 Å². The van der Waals surface area contributed by atoms with Gasteiger partial charge in [-0.05, 0) is 30.7 Å². The molecule has 6 heteroatoms. The molecule has 0 unspecified atom stereocenters. The predicted molar refractivity (Wildman–Crippen MR) is 97.7 cm³/mol. The highest BCUT2D eigenvalue weighted by Crippen LogP contribution is 2.23. The second-order valence-corrected chi connectivity index (χ2v) is 5.59. The molecular weight excluding hydrogens is 338 g/mol. The molecule has 3 rings (SSSR count). The third kappa shape index (κ3) is 4.14. The minimum atomic E-state index is -0.322. The van der Waals surface area contributed by atoms with Crippen LogP contribution in [0.15, 0.2) is 60.7 Å². The second kappa shape index (κ2) is 7.77. The molecule has 0 aliphatic heterocycles. The standard InChI is InChI=1S/C19H16ClN3O2/c1-2-25-19-21-18(15-9-6-10-16(20)13-15)23(22-19)17(24)12-11-14-7-4-3-5-8-14/h3-13H,2H2,1H3/b12-11+. The van der Waals surface area contributed by atoms with Crippen molar-refractivity contribution in [1.29, 1.82) is 0 Å². The normalized spacial score (nSPS) is 11.0. The fraction of sp³-hybridized carbons (Fsp3) is 0.105. The Hall–Kier alpha value is -2.92. The van der Waals surface area contributed by atoms with Gasteiger partial charge in [0.2, 0.25) is 0 Å². The molecule has 0 saturated carbocycles. The van der Waals surface area contributed by atoms with Crippen molar-refractivity contribution in [3.63, 3.8) is 0 Å². The first kappa shape index (κ1) is 16.9. The van der Waals surface area contributed by atoms with Crippen LogP contribution >= 0.6 is 11.6 Å². The van der Waals surface area contributed by atoms with Gasteiger partial charge < -0.3 is 4.74 Å². The van der Waals surface area contributed by atoms with Crippen molar-refractivity contribution in [3.8, 4) is 17.4 Å². The second-order valence-electron chi connectivity index (χ2n) is 5.16. The SMILES string of the molecule is CCOc1nc(-c2cccc(Cl)c2)n(C(=O)/C=C/c2ccccc2)n1. The van der Waals surface area contributed by atoms with E-state index in [0.29, 0.717) is 23.0 Å². The van der Waals surface area contributed by atoms with Gasteiger partial charge in [-0.1, -0.05) is 54.1 Å². The molecule has 2 aromatic carbocycles. The van der Waals surface area contributed by atoms with Gasteiger partial charge in [-0.2, -0.15) is 9.67 Å². The van der Waals surface area contributed by atoms with Crippen LogP contribution in [0, 0.1) is 0 Å². The summed E-state index contributed by atoms with van der Waals surface area (Å²) in [6, 6.07) is 16.8. The van der Waals surface area contributed by atoms with E-state index in [1.165, 1.54) is 10.8 Å². The summed E-state index contributed by atoms with van der Waals surface area (Å²) in [5.41, 5.74) is 1.61. The van der Waals surface area contributed by atoms with Crippen LogP contribution in [0.1, 0.15) is 17.3 Å². The summed E-state index contributed by atoms with van der Waals surface area (Å²) in [5, 5.41) is 4.71. The molecule has 1 aromatic heterocycles. The summed E-state index contributed by atoms with van der Waals surface area (Å²) in [6.45, 7) is 2.24. The molecule has 0 aliphatic carbocycles. The maximum absolute atomic E-state index is 12.6. The number of hydrogen-bond acceptors (Lipinski definition) is 4. The molecular formula is C19H16ClN3O2. The first-order chi connectivity index (χ1) is 12.2. The van der Waals surface area contributed by atoms with Gasteiger partial charge in [0.15, 0.2) is 5.82 Å². The number of rotatable bonds is 5. The van der Waals surface area contributed by atoms with E-state index in [9.17, 15) is 4.79 Å². The third-order valence-corrected chi connectivity index (χ3v) is 3.61. The Bertz CT molecular complexity index is 904. The van der Waals surface area contributed by atoms with Gasteiger partial charge in [0, 0.05) is 16.7 Å². The first-order valence-corrected chi connectivity index (χ1v) is 8.18. The third-order valence-electron chi connectivity index (χ3n) is 3.37. The van der Waals surface area contributed by atoms with Crippen LogP contribution in [0.2, 0.25) is 5.02 Å². The van der Waals surface area contributed by atoms with Gasteiger partial charge in [0.05, 0.1) is 6.61 Å². The average molecular weight is 354 g/mol. The lowest BCUT2D eigenvalue weighted by Gasteiger charge is -2.02. The molecule has 1 heterocycles. The van der Waals surface area contributed by atoms with E-state index in [1.807, 2.05) is 43.3 Å². The number of hydrogen-bond donors (Lipinski definition) is 0. The van der Waals surface area contributed by atoms with Crippen LogP contribution in [0.5, 0.6) is 6.01 Å². The van der Waals surface area contributed by atoms with Crippen LogP contribution in [-0.4, -0.2) is 27.3 Å². The number of allylic oxidation sites excluding steroid dienone is 1. The quantitative estimate of drug-likeness (QED) is 0.640. The molecule has 0 fully saturated rings. The lowest BCUT2D eigenvalue weighted by atomic mass is 10.2. The maximum Gasteiger partial charge on any atom is 0.336 e. The molecule has 0 aliphatic rings. The zero-order valence-electron chi connectivity index (χ0n) is 13.6. The largest absolute Gasteiger partial charge is 0.463 e. The molecule has 0 spiro atoms. The molecule has 0 amide bonds. The van der Waals surface area contributed by atoms with Crippen molar-refractivity contribution < 1.29 is 9.53 Å². The number of nitrogens with zero attached hydrogens (tertiary/aromatic N) is 3. The van der Waals surface area contributed by atoms with Gasteiger partial charge in [0.1, 0.15) is 0 Å². The molecule has 25 heavy (non-hydrogen) atoms. The maximum atomic E-state index is 12.6. The minimum absolute atomic E-state index is 0.152. The highest BCUT2D eigenvalue weighted by Gasteiger charge is 2.17. The first-order valence-electron chi connectivity index (χ1n) is 7.80. The summed E-state index contributed by atoms with van der Waals surface area (Å²) in [4.78, 5) is 16.9. The molecule has 0 radical (unpaired) electrons. The fourth-order valence-corrected chi connectivity index (χ4v) is 2.44. The van der Waals surface area contributed by atoms with Crippen LogP contribution in [0.25, 0.3) is 17.5 Å². The van der Waals surface area contributed by atoms with Gasteiger partial charge >= 0.3 is 6.01 Å². The summed E-state index contributed by atoms with van der Waals surface area (Å²) in [6.07, 6.45) is 3.18. The fourth-order valence-electron chi connectivity index (χ4n) is 2.25. The number of carbonyl (C=O) groups excluding carboxylic acids is 1. The lowest BCUT2D eigenvalue weighted by Crippen LogP contribution is -2.11. The van der Waals surface area contributed by atoms with E-state index in [0.717, 1.165) is 5.56 Å². The Morgan fingerprint density at radius 3 is 2.72 bits per heavy atom. The van der Waals surface area contributed by atoms with E-state index >= 15 is 0 Å². The van der Waals surface area contributed by atoms with Crippen molar-refractivity contribution in [2.24, 2.45) is 0 Å². The highest BCUT2D eigenvalue weighted by molar-refractivity contribution is 6.30. The Labute approximate surface area is 150 Å². The van der Waals surface area contributed by atoms with Gasteiger partial charge in [0.25, 0.3) is 5.91 Å². The smallest absolute Gasteiger partial charge is 0.336 e. The van der Waals surface area contributed by atoms with Crippen molar-refractivity contribution in [2.75, 3.05) is 6.61 Å². The van der Waals surface area contributed by atoms with Crippen molar-refractivity contribution >= 4 is 23.6 Å². The molecule has 5 nitrogen and oxygen atoms in total. The van der Waals surface area contributed by atoms with Crippen LogP contribution in [0.3, 0.4) is 0 Å². The molecule has 126 valence electrons. The molecule has 0 saturated heterocycles. The summed E-state index contributed by atoms with van der Waals surface area (Å²) < 4.78 is 6.56. The van der Waals surface area contributed by atoms with E-state index in [2.05, 4.69) is 10.1 Å². The topological polar surface area (TPSA) is 57.0 Å². The molecule has 3 aromatic rings. The number of benzene rings is 2. The minimum Gasteiger partial charge on any atom is -0.463 e. The van der Waals surface area contributed by atoms with Crippen molar-refractivity contribution in [3.05, 3.63) is 71.3 Å².